The number of nitrogens with zero attached hydrogens (tertiary/aromatic N) is 3. The van der Waals surface area contributed by atoms with Crippen molar-refractivity contribution in [3.05, 3.63) is 41.2 Å². The Labute approximate surface area is 129 Å². The number of aromatic nitrogens is 3. The smallest absolute Gasteiger partial charge is 0.338 e. The summed E-state index contributed by atoms with van der Waals surface area (Å²) in [5.41, 5.74) is 2.60. The SMILES string of the molecule is CCCCOC(=O)c1cccc(-n2nnc(CO)c2CC)c1. The lowest BCUT2D eigenvalue weighted by molar-refractivity contribution is 0.0499. The number of carbonyl (C=O) groups is 1. The van der Waals surface area contributed by atoms with E-state index in [0.29, 0.717) is 24.3 Å². The van der Waals surface area contributed by atoms with Crippen molar-refractivity contribution < 1.29 is 14.6 Å². The molecule has 0 aliphatic carbocycles. The van der Waals surface area contributed by atoms with Crippen molar-refractivity contribution in [2.75, 3.05) is 6.61 Å². The van der Waals surface area contributed by atoms with Crippen LogP contribution in [0.3, 0.4) is 0 Å². The molecule has 0 amide bonds. The van der Waals surface area contributed by atoms with Gasteiger partial charge in [-0.1, -0.05) is 31.5 Å². The monoisotopic (exact) mass is 303 g/mol. The van der Waals surface area contributed by atoms with Crippen LogP contribution in [0.2, 0.25) is 0 Å². The van der Waals surface area contributed by atoms with Gasteiger partial charge in [-0.05, 0) is 31.0 Å². The number of hydrogen-bond donors (Lipinski definition) is 1. The van der Waals surface area contributed by atoms with E-state index in [1.54, 1.807) is 22.9 Å². The zero-order chi connectivity index (χ0) is 15.9. The van der Waals surface area contributed by atoms with E-state index >= 15 is 0 Å². The van der Waals surface area contributed by atoms with Crippen LogP contribution in [0, 0.1) is 0 Å². The number of hydrogen-bond acceptors (Lipinski definition) is 5. The predicted octanol–water partition coefficient (Wildman–Crippen LogP) is 2.28. The van der Waals surface area contributed by atoms with E-state index in [1.165, 1.54) is 0 Å². The van der Waals surface area contributed by atoms with Gasteiger partial charge in [-0.3, -0.25) is 0 Å². The minimum absolute atomic E-state index is 0.151. The first-order chi connectivity index (χ1) is 10.7. The van der Waals surface area contributed by atoms with E-state index in [1.807, 2.05) is 19.9 Å². The molecule has 1 aromatic carbocycles. The molecule has 1 heterocycles. The van der Waals surface area contributed by atoms with Crippen LogP contribution in [0.25, 0.3) is 5.69 Å². The maximum atomic E-state index is 12.0. The standard InChI is InChI=1S/C16H21N3O3/c1-3-5-9-22-16(21)12-7-6-8-13(10-12)19-15(4-2)14(11-20)17-18-19/h6-8,10,20H,3-5,9,11H2,1-2H3. The van der Waals surface area contributed by atoms with Gasteiger partial charge in [0.15, 0.2) is 0 Å². The van der Waals surface area contributed by atoms with Gasteiger partial charge in [0.05, 0.1) is 30.2 Å². The van der Waals surface area contributed by atoms with Gasteiger partial charge >= 0.3 is 5.97 Å². The number of esters is 1. The Morgan fingerprint density at radius 3 is 2.86 bits per heavy atom. The van der Waals surface area contributed by atoms with Gasteiger partial charge in [0.2, 0.25) is 0 Å². The first kappa shape index (κ1) is 16.2. The lowest BCUT2D eigenvalue weighted by Gasteiger charge is -2.08. The molecule has 1 aromatic heterocycles. The molecule has 6 nitrogen and oxygen atoms in total. The molecule has 0 aliphatic rings. The van der Waals surface area contributed by atoms with Crippen LogP contribution in [0.5, 0.6) is 0 Å². The first-order valence-electron chi connectivity index (χ1n) is 7.53. The number of benzene rings is 1. The van der Waals surface area contributed by atoms with Gasteiger partial charge in [0, 0.05) is 0 Å². The quantitative estimate of drug-likeness (QED) is 0.627. The summed E-state index contributed by atoms with van der Waals surface area (Å²) in [6.07, 6.45) is 2.53. The van der Waals surface area contributed by atoms with Crippen molar-refractivity contribution in [1.29, 1.82) is 0 Å². The van der Waals surface area contributed by atoms with Gasteiger partial charge in [0.1, 0.15) is 5.69 Å². The van der Waals surface area contributed by atoms with Crippen molar-refractivity contribution >= 4 is 5.97 Å². The van der Waals surface area contributed by atoms with Gasteiger partial charge in [-0.2, -0.15) is 0 Å². The lowest BCUT2D eigenvalue weighted by atomic mass is 10.2. The van der Waals surface area contributed by atoms with Gasteiger partial charge < -0.3 is 9.84 Å². The second-order valence-corrected chi connectivity index (χ2v) is 4.95. The second-order valence-electron chi connectivity index (χ2n) is 4.95. The van der Waals surface area contributed by atoms with Crippen molar-refractivity contribution in [3.8, 4) is 5.69 Å². The molecule has 2 aromatic rings. The highest BCUT2D eigenvalue weighted by molar-refractivity contribution is 5.90. The number of aliphatic hydroxyl groups is 1. The summed E-state index contributed by atoms with van der Waals surface area (Å²) in [4.78, 5) is 12.0. The Morgan fingerprint density at radius 1 is 1.36 bits per heavy atom. The van der Waals surface area contributed by atoms with Crippen molar-refractivity contribution in [3.63, 3.8) is 0 Å². The molecule has 0 saturated carbocycles. The molecule has 22 heavy (non-hydrogen) atoms. The minimum atomic E-state index is -0.337. The van der Waals surface area contributed by atoms with E-state index in [2.05, 4.69) is 10.3 Å². The molecule has 0 fully saturated rings. The summed E-state index contributed by atoms with van der Waals surface area (Å²) in [7, 11) is 0. The molecule has 0 spiro atoms. The Kier molecular flexibility index (Phi) is 5.66. The normalized spacial score (nSPS) is 10.7. The van der Waals surface area contributed by atoms with Crippen molar-refractivity contribution in [1.82, 2.24) is 15.0 Å². The zero-order valence-corrected chi connectivity index (χ0v) is 13.0. The number of aliphatic hydroxyl groups excluding tert-OH is 1. The topological polar surface area (TPSA) is 77.2 Å². The Morgan fingerprint density at radius 2 is 2.18 bits per heavy atom. The highest BCUT2D eigenvalue weighted by atomic mass is 16.5. The summed E-state index contributed by atoms with van der Waals surface area (Å²) >= 11 is 0. The van der Waals surface area contributed by atoms with E-state index in [9.17, 15) is 9.90 Å². The molecule has 0 saturated heterocycles. The van der Waals surface area contributed by atoms with Crippen LogP contribution in [0.4, 0.5) is 0 Å². The van der Waals surface area contributed by atoms with Gasteiger partial charge in [0.25, 0.3) is 0 Å². The molecule has 0 bridgehead atoms. The van der Waals surface area contributed by atoms with Crippen LogP contribution in [-0.2, 0) is 17.8 Å². The second kappa shape index (κ2) is 7.70. The maximum absolute atomic E-state index is 12.0. The predicted molar refractivity (Wildman–Crippen MR) is 81.9 cm³/mol. The maximum Gasteiger partial charge on any atom is 0.338 e. The van der Waals surface area contributed by atoms with E-state index in [-0.39, 0.29) is 12.6 Å². The molecule has 0 atom stereocenters. The Balaban J connectivity index is 2.25. The van der Waals surface area contributed by atoms with Crippen LogP contribution in [-0.4, -0.2) is 32.7 Å². The first-order valence-corrected chi connectivity index (χ1v) is 7.53. The average molecular weight is 303 g/mol. The van der Waals surface area contributed by atoms with E-state index in [4.69, 9.17) is 4.74 Å². The molecule has 1 N–H and O–H groups in total. The molecule has 0 radical (unpaired) electrons. The van der Waals surface area contributed by atoms with Crippen LogP contribution >= 0.6 is 0 Å². The molecule has 6 heteroatoms. The third kappa shape index (κ3) is 3.51. The third-order valence-electron chi connectivity index (χ3n) is 3.39. The van der Waals surface area contributed by atoms with Crippen molar-refractivity contribution in [2.24, 2.45) is 0 Å². The fourth-order valence-corrected chi connectivity index (χ4v) is 2.17. The van der Waals surface area contributed by atoms with E-state index in [0.717, 1.165) is 24.2 Å². The largest absolute Gasteiger partial charge is 0.462 e. The van der Waals surface area contributed by atoms with Crippen LogP contribution in [0.15, 0.2) is 24.3 Å². The van der Waals surface area contributed by atoms with Crippen LogP contribution < -0.4 is 0 Å². The molecule has 0 aliphatic heterocycles. The lowest BCUT2D eigenvalue weighted by Crippen LogP contribution is -2.08. The molecular weight excluding hydrogens is 282 g/mol. The summed E-state index contributed by atoms with van der Waals surface area (Å²) < 4.78 is 6.87. The highest BCUT2D eigenvalue weighted by Gasteiger charge is 2.14. The molecule has 2 rings (SSSR count). The number of rotatable bonds is 7. The van der Waals surface area contributed by atoms with Gasteiger partial charge in [-0.25, -0.2) is 9.48 Å². The fraction of sp³-hybridized carbons (Fsp3) is 0.438. The van der Waals surface area contributed by atoms with E-state index < -0.39 is 0 Å². The zero-order valence-electron chi connectivity index (χ0n) is 13.0. The fourth-order valence-electron chi connectivity index (χ4n) is 2.17. The highest BCUT2D eigenvalue weighted by Crippen LogP contribution is 2.16. The van der Waals surface area contributed by atoms with Crippen LogP contribution in [0.1, 0.15) is 48.4 Å². The summed E-state index contributed by atoms with van der Waals surface area (Å²) in [6, 6.07) is 7.07. The molecular formula is C16H21N3O3. The molecule has 0 unspecified atom stereocenters. The number of carbonyl (C=O) groups excluding carboxylic acids is 1. The number of unbranched alkanes of at least 4 members (excludes halogenated alkanes) is 1. The average Bonchev–Trinajstić information content (AvgIpc) is 2.98. The Bertz CT molecular complexity index is 637. The summed E-state index contributed by atoms with van der Waals surface area (Å²) in [6.45, 7) is 4.29. The minimum Gasteiger partial charge on any atom is -0.462 e. The number of ether oxygens (including phenoxy) is 1. The summed E-state index contributed by atoms with van der Waals surface area (Å²) in [5.74, 6) is -0.337. The molecule has 118 valence electrons. The Hall–Kier alpha value is -2.21. The summed E-state index contributed by atoms with van der Waals surface area (Å²) in [5, 5.41) is 17.3. The van der Waals surface area contributed by atoms with Gasteiger partial charge in [-0.15, -0.1) is 5.10 Å². The van der Waals surface area contributed by atoms with Crippen molar-refractivity contribution in [2.45, 2.75) is 39.7 Å². The third-order valence-corrected chi connectivity index (χ3v) is 3.39.